The summed E-state index contributed by atoms with van der Waals surface area (Å²) in [4.78, 5) is 4.13. The lowest BCUT2D eigenvalue weighted by Crippen LogP contribution is -2.49. The van der Waals surface area contributed by atoms with Crippen molar-refractivity contribution in [2.24, 2.45) is 0 Å². The number of hydrogen-bond donors (Lipinski definition) is 0. The first kappa shape index (κ1) is 20.8. The zero-order valence-corrected chi connectivity index (χ0v) is 17.5. The number of sulfonamides is 1. The van der Waals surface area contributed by atoms with E-state index in [0.717, 1.165) is 24.8 Å². The molecule has 1 aromatic heterocycles. The highest BCUT2D eigenvalue weighted by Crippen LogP contribution is 2.25. The van der Waals surface area contributed by atoms with Crippen molar-refractivity contribution in [2.75, 3.05) is 69.4 Å². The largest absolute Gasteiger partial charge is 0.494 e. The Morgan fingerprint density at radius 2 is 1.77 bits per heavy atom. The molecule has 0 radical (unpaired) electrons. The van der Waals surface area contributed by atoms with Crippen LogP contribution in [0.2, 0.25) is 0 Å². The lowest BCUT2D eigenvalue weighted by Gasteiger charge is -2.35. The Kier molecular flexibility index (Phi) is 6.02. The summed E-state index contributed by atoms with van der Waals surface area (Å²) in [6, 6.07) is 5.66. The van der Waals surface area contributed by atoms with Crippen molar-refractivity contribution in [3.8, 4) is 5.75 Å². The van der Waals surface area contributed by atoms with E-state index in [9.17, 15) is 12.8 Å². The fourth-order valence-corrected chi connectivity index (χ4v) is 5.04. The number of methoxy groups -OCH3 is 1. The fraction of sp³-hybridized carbons (Fsp3) is 0.474. The molecule has 2 fully saturated rings. The number of anilines is 2. The van der Waals surface area contributed by atoms with Crippen molar-refractivity contribution in [1.82, 2.24) is 14.5 Å². The Balaban J connectivity index is 1.44. The normalized spacial score (nSPS) is 18.5. The van der Waals surface area contributed by atoms with Gasteiger partial charge in [-0.2, -0.15) is 9.40 Å². The van der Waals surface area contributed by atoms with Gasteiger partial charge in [0.1, 0.15) is 0 Å². The zero-order valence-electron chi connectivity index (χ0n) is 16.7. The van der Waals surface area contributed by atoms with Crippen LogP contribution in [0.4, 0.5) is 15.9 Å². The summed E-state index contributed by atoms with van der Waals surface area (Å²) in [7, 11) is -2.45. The molecule has 0 atom stereocenters. The molecule has 3 heterocycles. The molecule has 2 aliphatic heterocycles. The van der Waals surface area contributed by atoms with E-state index in [-0.39, 0.29) is 23.7 Å². The monoisotopic (exact) mass is 437 g/mol. The predicted octanol–water partition coefficient (Wildman–Crippen LogP) is 0.972. The molecule has 0 unspecified atom stereocenters. The quantitative estimate of drug-likeness (QED) is 0.684. The molecule has 0 bridgehead atoms. The summed E-state index contributed by atoms with van der Waals surface area (Å²) in [6.07, 6.45) is 1.73. The first-order chi connectivity index (χ1) is 14.5. The minimum atomic E-state index is -3.79. The lowest BCUT2D eigenvalue weighted by molar-refractivity contribution is 0.122. The van der Waals surface area contributed by atoms with Crippen LogP contribution in [0.5, 0.6) is 5.75 Å². The average molecular weight is 437 g/mol. The van der Waals surface area contributed by atoms with Crippen molar-refractivity contribution in [3.63, 3.8) is 0 Å². The second-order valence-corrected chi connectivity index (χ2v) is 9.00. The molecule has 2 saturated heterocycles. The second-order valence-electron chi connectivity index (χ2n) is 7.06. The van der Waals surface area contributed by atoms with E-state index in [4.69, 9.17) is 9.47 Å². The van der Waals surface area contributed by atoms with Gasteiger partial charge in [0.15, 0.2) is 17.4 Å². The number of rotatable bonds is 5. The SMILES string of the molecule is COc1ccc(S(=O)(=O)N2CCN(c3cc(N4CCOCC4)cnn3)CC2)cc1F. The van der Waals surface area contributed by atoms with Crippen molar-refractivity contribution >= 4 is 21.5 Å². The van der Waals surface area contributed by atoms with Gasteiger partial charge in [-0.25, -0.2) is 12.8 Å². The Bertz CT molecular complexity index is 992. The number of aromatic nitrogens is 2. The van der Waals surface area contributed by atoms with Gasteiger partial charge < -0.3 is 19.3 Å². The Morgan fingerprint density at radius 3 is 2.43 bits per heavy atom. The lowest BCUT2D eigenvalue weighted by atomic mass is 10.3. The fourth-order valence-electron chi connectivity index (χ4n) is 3.61. The molecule has 0 amide bonds. The van der Waals surface area contributed by atoms with Gasteiger partial charge in [-0.05, 0) is 18.2 Å². The van der Waals surface area contributed by atoms with E-state index in [1.165, 1.54) is 23.5 Å². The van der Waals surface area contributed by atoms with E-state index >= 15 is 0 Å². The van der Waals surface area contributed by atoms with Crippen LogP contribution >= 0.6 is 0 Å². The summed E-state index contributed by atoms with van der Waals surface area (Å²) in [5.41, 5.74) is 0.979. The summed E-state index contributed by atoms with van der Waals surface area (Å²) in [5.74, 6) is 0.0245. The van der Waals surface area contributed by atoms with Gasteiger partial charge in [0.25, 0.3) is 0 Å². The zero-order chi connectivity index (χ0) is 21.1. The molecular weight excluding hydrogens is 413 g/mol. The average Bonchev–Trinajstić information content (AvgIpc) is 2.80. The van der Waals surface area contributed by atoms with Gasteiger partial charge >= 0.3 is 0 Å². The molecule has 30 heavy (non-hydrogen) atoms. The standard InChI is InChI=1S/C19H24FN5O4S/c1-28-18-3-2-16(13-17(18)20)30(26,27)25-6-4-24(5-7-25)19-12-15(14-21-22-19)23-8-10-29-11-9-23/h2-3,12-14H,4-11H2,1H3. The third-order valence-corrected chi connectivity index (χ3v) is 7.22. The topological polar surface area (TPSA) is 88.1 Å². The molecule has 2 aromatic rings. The van der Waals surface area contributed by atoms with Gasteiger partial charge in [0.05, 0.1) is 37.1 Å². The van der Waals surface area contributed by atoms with Crippen LogP contribution in [0, 0.1) is 5.82 Å². The summed E-state index contributed by atoms with van der Waals surface area (Å²) in [5, 5.41) is 8.34. The van der Waals surface area contributed by atoms with E-state index < -0.39 is 15.8 Å². The van der Waals surface area contributed by atoms with Gasteiger partial charge in [-0.1, -0.05) is 0 Å². The first-order valence-corrected chi connectivity index (χ1v) is 11.2. The smallest absolute Gasteiger partial charge is 0.243 e. The third kappa shape index (κ3) is 4.18. The number of piperazine rings is 1. The number of morpholine rings is 1. The summed E-state index contributed by atoms with van der Waals surface area (Å²) < 4.78 is 51.4. The van der Waals surface area contributed by atoms with E-state index in [0.29, 0.717) is 32.1 Å². The molecule has 162 valence electrons. The number of halogens is 1. The van der Waals surface area contributed by atoms with Crippen molar-refractivity contribution in [1.29, 1.82) is 0 Å². The Morgan fingerprint density at radius 1 is 1.03 bits per heavy atom. The van der Waals surface area contributed by atoms with Crippen LogP contribution < -0.4 is 14.5 Å². The molecule has 1 aromatic carbocycles. The van der Waals surface area contributed by atoms with Gasteiger partial charge in [0, 0.05) is 45.3 Å². The van der Waals surface area contributed by atoms with Crippen LogP contribution in [0.3, 0.4) is 0 Å². The number of ether oxygens (including phenoxy) is 2. The van der Waals surface area contributed by atoms with E-state index in [1.807, 2.05) is 11.0 Å². The van der Waals surface area contributed by atoms with Crippen molar-refractivity contribution in [3.05, 3.63) is 36.3 Å². The highest BCUT2D eigenvalue weighted by atomic mass is 32.2. The van der Waals surface area contributed by atoms with E-state index in [1.54, 1.807) is 6.20 Å². The Hall–Kier alpha value is -2.50. The maximum absolute atomic E-state index is 14.0. The number of nitrogens with zero attached hydrogens (tertiary/aromatic N) is 5. The van der Waals surface area contributed by atoms with Gasteiger partial charge in [-0.15, -0.1) is 5.10 Å². The second kappa shape index (κ2) is 8.70. The molecule has 2 aliphatic rings. The minimum absolute atomic E-state index is 0.0116. The summed E-state index contributed by atoms with van der Waals surface area (Å²) in [6.45, 7) is 4.46. The highest BCUT2D eigenvalue weighted by molar-refractivity contribution is 7.89. The summed E-state index contributed by atoms with van der Waals surface area (Å²) >= 11 is 0. The van der Waals surface area contributed by atoms with Crippen LogP contribution in [0.15, 0.2) is 35.4 Å². The minimum Gasteiger partial charge on any atom is -0.494 e. The molecule has 0 spiro atoms. The van der Waals surface area contributed by atoms with Crippen LogP contribution in [-0.4, -0.2) is 82.5 Å². The molecule has 0 N–H and O–H groups in total. The molecule has 0 aliphatic carbocycles. The van der Waals surface area contributed by atoms with Crippen LogP contribution in [0.1, 0.15) is 0 Å². The van der Waals surface area contributed by atoms with Gasteiger partial charge in [-0.3, -0.25) is 0 Å². The number of hydrogen-bond acceptors (Lipinski definition) is 8. The van der Waals surface area contributed by atoms with Crippen LogP contribution in [0.25, 0.3) is 0 Å². The first-order valence-electron chi connectivity index (χ1n) is 9.73. The highest BCUT2D eigenvalue weighted by Gasteiger charge is 2.30. The van der Waals surface area contributed by atoms with E-state index in [2.05, 4.69) is 15.1 Å². The molecule has 4 rings (SSSR count). The number of benzene rings is 1. The Labute approximate surface area is 175 Å². The van der Waals surface area contributed by atoms with Crippen molar-refractivity contribution < 1.29 is 22.3 Å². The maximum Gasteiger partial charge on any atom is 0.243 e. The predicted molar refractivity (Wildman–Crippen MR) is 109 cm³/mol. The third-order valence-electron chi connectivity index (χ3n) is 5.33. The molecule has 9 nitrogen and oxygen atoms in total. The molecular formula is C19H24FN5O4S. The molecule has 0 saturated carbocycles. The van der Waals surface area contributed by atoms with Crippen LogP contribution in [-0.2, 0) is 14.8 Å². The van der Waals surface area contributed by atoms with Crippen molar-refractivity contribution in [2.45, 2.75) is 4.90 Å². The maximum atomic E-state index is 14.0. The van der Waals surface area contributed by atoms with Gasteiger partial charge in [0.2, 0.25) is 10.0 Å². The molecule has 11 heteroatoms.